The number of fused-ring (bicyclic) bond motifs is 1. The molecule has 0 spiro atoms. The molecule has 1 saturated heterocycles. The summed E-state index contributed by atoms with van der Waals surface area (Å²) < 4.78 is 5.78. The molecule has 0 bridgehead atoms. The molecule has 2 unspecified atom stereocenters. The molecule has 2 heterocycles. The van der Waals surface area contributed by atoms with Gasteiger partial charge < -0.3 is 15.0 Å². The summed E-state index contributed by atoms with van der Waals surface area (Å²) in [6.07, 6.45) is 3.66. The maximum absolute atomic E-state index is 11.6. The highest BCUT2D eigenvalue weighted by atomic mass is 16.5. The van der Waals surface area contributed by atoms with Crippen molar-refractivity contribution < 1.29 is 9.53 Å². The Bertz CT molecular complexity index is 534. The lowest BCUT2D eigenvalue weighted by molar-refractivity contribution is -0.116. The Morgan fingerprint density at radius 1 is 1.29 bits per heavy atom. The van der Waals surface area contributed by atoms with E-state index in [1.54, 1.807) is 6.92 Å². The Balaban J connectivity index is 1.72. The Kier molecular flexibility index (Phi) is 3.89. The van der Waals surface area contributed by atoms with E-state index >= 15 is 0 Å². The minimum atomic E-state index is 0.126. The summed E-state index contributed by atoms with van der Waals surface area (Å²) in [4.78, 5) is 13.4. The van der Waals surface area contributed by atoms with Gasteiger partial charge in [-0.25, -0.2) is 0 Å². The largest absolute Gasteiger partial charge is 0.382 e. The van der Waals surface area contributed by atoms with E-state index in [1.165, 1.54) is 5.56 Å². The van der Waals surface area contributed by atoms with Crippen LogP contribution < -0.4 is 10.2 Å². The maximum atomic E-state index is 11.6. The third kappa shape index (κ3) is 3.05. The van der Waals surface area contributed by atoms with Gasteiger partial charge in [-0.05, 0) is 56.9 Å². The Hall–Kier alpha value is -1.55. The first-order chi connectivity index (χ1) is 10.0. The number of amides is 1. The van der Waals surface area contributed by atoms with Crippen molar-refractivity contribution in [3.63, 3.8) is 0 Å². The fraction of sp³-hybridized carbons (Fsp3) is 0.588. The number of nitrogens with zero attached hydrogens (tertiary/aromatic N) is 1. The monoisotopic (exact) mass is 288 g/mol. The lowest BCUT2D eigenvalue weighted by Crippen LogP contribution is -2.36. The zero-order chi connectivity index (χ0) is 15.0. The van der Waals surface area contributed by atoms with Gasteiger partial charge in [-0.1, -0.05) is 0 Å². The highest BCUT2D eigenvalue weighted by molar-refractivity contribution is 5.94. The smallest absolute Gasteiger partial charge is 0.223 e. The number of benzene rings is 1. The Morgan fingerprint density at radius 3 is 2.67 bits per heavy atom. The van der Waals surface area contributed by atoms with Crippen LogP contribution in [0.3, 0.4) is 0 Å². The molecule has 1 aromatic rings. The van der Waals surface area contributed by atoms with Gasteiger partial charge >= 0.3 is 0 Å². The zero-order valence-corrected chi connectivity index (χ0v) is 13.1. The van der Waals surface area contributed by atoms with E-state index in [4.69, 9.17) is 4.74 Å². The van der Waals surface area contributed by atoms with Crippen LogP contribution >= 0.6 is 0 Å². The predicted molar refractivity (Wildman–Crippen MR) is 84.8 cm³/mol. The molecule has 2 atom stereocenters. The molecule has 2 aliphatic rings. The van der Waals surface area contributed by atoms with Gasteiger partial charge in [0.05, 0.1) is 12.2 Å². The molecule has 0 aliphatic carbocycles. The molecule has 0 saturated carbocycles. The van der Waals surface area contributed by atoms with E-state index in [9.17, 15) is 4.79 Å². The second-order valence-electron chi connectivity index (χ2n) is 6.33. The van der Waals surface area contributed by atoms with E-state index in [2.05, 4.69) is 37.4 Å². The molecule has 4 heteroatoms. The van der Waals surface area contributed by atoms with Crippen molar-refractivity contribution in [1.82, 2.24) is 0 Å². The highest BCUT2D eigenvalue weighted by Crippen LogP contribution is 2.31. The second kappa shape index (κ2) is 5.68. The van der Waals surface area contributed by atoms with Crippen LogP contribution in [-0.4, -0.2) is 30.7 Å². The zero-order valence-electron chi connectivity index (χ0n) is 13.1. The summed E-state index contributed by atoms with van der Waals surface area (Å²) in [5.41, 5.74) is 3.50. The van der Waals surface area contributed by atoms with E-state index in [-0.39, 0.29) is 5.91 Å². The summed E-state index contributed by atoms with van der Waals surface area (Å²) in [6.45, 7) is 6.71. The molecule has 3 rings (SSSR count). The number of hydrogen-bond acceptors (Lipinski definition) is 3. The van der Waals surface area contributed by atoms with Gasteiger partial charge in [-0.15, -0.1) is 0 Å². The number of anilines is 2. The summed E-state index contributed by atoms with van der Waals surface area (Å²) >= 11 is 0. The van der Waals surface area contributed by atoms with Crippen LogP contribution in [-0.2, 0) is 16.0 Å². The van der Waals surface area contributed by atoms with E-state index < -0.39 is 0 Å². The van der Waals surface area contributed by atoms with Gasteiger partial charge in [-0.2, -0.15) is 0 Å². The van der Waals surface area contributed by atoms with E-state index in [1.807, 2.05) is 4.90 Å². The molecule has 21 heavy (non-hydrogen) atoms. The molecule has 2 aliphatic heterocycles. The number of nitrogens with one attached hydrogen (secondary N) is 1. The molecule has 1 amide bonds. The Labute approximate surface area is 126 Å². The number of carbonyl (C=O) groups is 1. The molecule has 1 N–H and O–H groups in total. The maximum Gasteiger partial charge on any atom is 0.223 e. The quantitative estimate of drug-likeness (QED) is 0.909. The van der Waals surface area contributed by atoms with Crippen LogP contribution in [0.2, 0.25) is 0 Å². The molecule has 0 aromatic heterocycles. The summed E-state index contributed by atoms with van der Waals surface area (Å²) in [5.74, 6) is 0.126. The van der Waals surface area contributed by atoms with Crippen LogP contribution in [0.25, 0.3) is 0 Å². The number of ether oxygens (including phenoxy) is 1. The minimum absolute atomic E-state index is 0.126. The number of rotatable bonds is 2. The van der Waals surface area contributed by atoms with Crippen LogP contribution in [0.15, 0.2) is 18.2 Å². The first kappa shape index (κ1) is 14.4. The number of carbonyl (C=O) groups excluding carboxylic acids is 1. The molecule has 0 radical (unpaired) electrons. The van der Waals surface area contributed by atoms with Crippen molar-refractivity contribution in [1.29, 1.82) is 0 Å². The predicted octanol–water partition coefficient (Wildman–Crippen LogP) is 2.96. The van der Waals surface area contributed by atoms with Gasteiger partial charge in [0.15, 0.2) is 0 Å². The molecule has 1 fully saturated rings. The Morgan fingerprint density at radius 2 is 2.00 bits per heavy atom. The SMILES string of the molecule is CC(=O)N1CCc2cc(NC3CC(C)OC(C)C3)ccc21. The fourth-order valence-corrected chi connectivity index (χ4v) is 3.58. The van der Waals surface area contributed by atoms with Crippen molar-refractivity contribution in [2.24, 2.45) is 0 Å². The lowest BCUT2D eigenvalue weighted by atomic mass is 9.99. The minimum Gasteiger partial charge on any atom is -0.382 e. The van der Waals surface area contributed by atoms with Gasteiger partial charge in [0.1, 0.15) is 0 Å². The standard InChI is InChI=1S/C17H24N2O2/c1-11-8-16(9-12(2)21-11)18-15-4-5-17-14(10-15)6-7-19(17)13(3)20/h4-5,10-12,16,18H,6-9H2,1-3H3. The van der Waals surface area contributed by atoms with E-state index in [0.717, 1.165) is 37.2 Å². The van der Waals surface area contributed by atoms with Crippen molar-refractivity contribution in [2.75, 3.05) is 16.8 Å². The number of hydrogen-bond donors (Lipinski definition) is 1. The van der Waals surface area contributed by atoms with Crippen LogP contribution in [0.4, 0.5) is 11.4 Å². The molecular formula is C17H24N2O2. The average Bonchev–Trinajstić information content (AvgIpc) is 2.80. The van der Waals surface area contributed by atoms with Crippen molar-refractivity contribution >= 4 is 17.3 Å². The van der Waals surface area contributed by atoms with Gasteiger partial charge in [-0.3, -0.25) is 4.79 Å². The first-order valence-electron chi connectivity index (χ1n) is 7.86. The average molecular weight is 288 g/mol. The van der Waals surface area contributed by atoms with E-state index in [0.29, 0.717) is 18.2 Å². The third-order valence-corrected chi connectivity index (χ3v) is 4.42. The molecule has 1 aromatic carbocycles. The van der Waals surface area contributed by atoms with Gasteiger partial charge in [0.2, 0.25) is 5.91 Å². The van der Waals surface area contributed by atoms with Gasteiger partial charge in [0.25, 0.3) is 0 Å². The summed E-state index contributed by atoms with van der Waals surface area (Å²) in [5, 5.41) is 3.63. The normalized spacial score (nSPS) is 28.3. The fourth-order valence-electron chi connectivity index (χ4n) is 3.58. The molecule has 114 valence electrons. The molecule has 4 nitrogen and oxygen atoms in total. The highest BCUT2D eigenvalue weighted by Gasteiger charge is 2.25. The van der Waals surface area contributed by atoms with Gasteiger partial charge in [0, 0.05) is 30.9 Å². The molecular weight excluding hydrogens is 264 g/mol. The van der Waals surface area contributed by atoms with Crippen LogP contribution in [0, 0.1) is 0 Å². The summed E-state index contributed by atoms with van der Waals surface area (Å²) in [7, 11) is 0. The second-order valence-corrected chi connectivity index (χ2v) is 6.33. The first-order valence-corrected chi connectivity index (χ1v) is 7.86. The summed E-state index contributed by atoms with van der Waals surface area (Å²) in [6, 6.07) is 6.82. The van der Waals surface area contributed by atoms with Crippen LogP contribution in [0.5, 0.6) is 0 Å². The van der Waals surface area contributed by atoms with Crippen LogP contribution in [0.1, 0.15) is 39.2 Å². The van der Waals surface area contributed by atoms with Crippen molar-refractivity contribution in [3.8, 4) is 0 Å². The third-order valence-electron chi connectivity index (χ3n) is 4.42. The van der Waals surface area contributed by atoms with Crippen molar-refractivity contribution in [2.45, 2.75) is 58.3 Å². The topological polar surface area (TPSA) is 41.6 Å². The van der Waals surface area contributed by atoms with Crippen molar-refractivity contribution in [3.05, 3.63) is 23.8 Å². The lowest BCUT2D eigenvalue weighted by Gasteiger charge is -2.33.